The zero-order valence-electron chi connectivity index (χ0n) is 22.4. The fourth-order valence-electron chi connectivity index (χ4n) is 5.86. The van der Waals surface area contributed by atoms with E-state index in [0.717, 1.165) is 24.6 Å². The Morgan fingerprint density at radius 2 is 0.641 bits per heavy atom. The molecule has 5 aromatic rings. The molecular weight excluding hydrogens is 525 g/mol. The molecule has 2 atom stereocenters. The maximum atomic E-state index is 3.11. The van der Waals surface area contributed by atoms with Crippen molar-refractivity contribution >= 4 is 31.7 Å². The molecule has 0 heterocycles. The van der Waals surface area contributed by atoms with Crippen molar-refractivity contribution < 1.29 is 0 Å². The van der Waals surface area contributed by atoms with E-state index in [-0.39, 0.29) is 10.8 Å². The summed E-state index contributed by atoms with van der Waals surface area (Å²) >= 11 is 0. The van der Waals surface area contributed by atoms with Crippen molar-refractivity contribution in [2.75, 3.05) is 24.6 Å². The monoisotopic (exact) mass is 562 g/mol. The topological polar surface area (TPSA) is 0 Å². The number of hydrogen-bond donors (Lipinski definition) is 0. The molecule has 5 rings (SSSR count). The minimum atomic E-state index is -0.564. The Kier molecular flexibility index (Phi) is 9.43. The first-order chi connectivity index (χ1) is 19.2. The summed E-state index contributed by atoms with van der Waals surface area (Å²) in [7, 11) is 5.66. The molecule has 39 heavy (non-hydrogen) atoms. The maximum Gasteiger partial charge on any atom is 0.0279 e. The highest BCUT2D eigenvalue weighted by molar-refractivity contribution is 7.65. The molecule has 0 amide bonds. The van der Waals surface area contributed by atoms with Crippen LogP contribution in [0, 0.1) is 0 Å². The lowest BCUT2D eigenvalue weighted by molar-refractivity contribution is 0.640. The first kappa shape index (κ1) is 27.9. The van der Waals surface area contributed by atoms with E-state index < -0.39 is 7.92 Å². The van der Waals surface area contributed by atoms with E-state index in [2.05, 4.69) is 170 Å². The van der Waals surface area contributed by atoms with Gasteiger partial charge in [0.1, 0.15) is 0 Å². The Balaban J connectivity index is 1.69. The molecule has 0 saturated carbocycles. The molecule has 2 unspecified atom stereocenters. The van der Waals surface area contributed by atoms with Crippen LogP contribution in [-0.2, 0) is 10.8 Å². The van der Waals surface area contributed by atoms with Crippen LogP contribution in [0.4, 0.5) is 0 Å². The first-order valence-electron chi connectivity index (χ1n) is 13.6. The van der Waals surface area contributed by atoms with Crippen molar-refractivity contribution in [3.8, 4) is 0 Å². The molecule has 0 bridgehead atoms. The number of benzene rings is 5. The van der Waals surface area contributed by atoms with E-state index in [0.29, 0.717) is 0 Å². The lowest BCUT2D eigenvalue weighted by Gasteiger charge is -2.42. The van der Waals surface area contributed by atoms with Crippen molar-refractivity contribution in [2.45, 2.75) is 10.8 Å². The van der Waals surface area contributed by atoms with Gasteiger partial charge in [-0.1, -0.05) is 160 Å². The van der Waals surface area contributed by atoms with Crippen LogP contribution in [0.5, 0.6) is 0 Å². The largest absolute Gasteiger partial charge is 0.136 e. The van der Waals surface area contributed by atoms with Crippen LogP contribution >= 0.6 is 26.4 Å². The molecule has 0 aliphatic heterocycles. The maximum absolute atomic E-state index is 3.11. The van der Waals surface area contributed by atoms with Gasteiger partial charge in [-0.25, -0.2) is 0 Å². The molecule has 3 heteroatoms. The summed E-state index contributed by atoms with van der Waals surface area (Å²) in [5.74, 6) is 0. The van der Waals surface area contributed by atoms with Crippen LogP contribution in [0.25, 0.3) is 0 Å². The summed E-state index contributed by atoms with van der Waals surface area (Å²) in [6.07, 6.45) is 4.10. The van der Waals surface area contributed by atoms with E-state index in [4.69, 9.17) is 0 Å². The van der Waals surface area contributed by atoms with Crippen molar-refractivity contribution in [2.24, 2.45) is 0 Å². The van der Waals surface area contributed by atoms with Gasteiger partial charge in [0, 0.05) is 10.8 Å². The molecule has 0 spiro atoms. The molecule has 0 radical (unpaired) electrons. The Morgan fingerprint density at radius 1 is 0.385 bits per heavy atom. The normalized spacial score (nSPS) is 12.0. The van der Waals surface area contributed by atoms with Crippen molar-refractivity contribution in [3.05, 3.63) is 174 Å². The number of hydrogen-bond acceptors (Lipinski definition) is 0. The summed E-state index contributed by atoms with van der Waals surface area (Å²) in [5, 5.41) is 1.47. The van der Waals surface area contributed by atoms with Gasteiger partial charge in [0.25, 0.3) is 0 Å². The lowest BCUT2D eigenvalue weighted by Crippen LogP contribution is -2.39. The first-order valence-corrected chi connectivity index (χ1v) is 17.0. The smallest absolute Gasteiger partial charge is 0.0279 e. The third kappa shape index (κ3) is 5.96. The van der Waals surface area contributed by atoms with E-state index >= 15 is 0 Å². The van der Waals surface area contributed by atoms with Gasteiger partial charge >= 0.3 is 0 Å². The van der Waals surface area contributed by atoms with Crippen LogP contribution in [0.3, 0.4) is 0 Å². The van der Waals surface area contributed by atoms with Gasteiger partial charge in [0.05, 0.1) is 0 Å². The predicted molar refractivity (Wildman–Crippen MR) is 179 cm³/mol. The second kappa shape index (κ2) is 13.2. The van der Waals surface area contributed by atoms with Crippen molar-refractivity contribution in [1.82, 2.24) is 0 Å². The summed E-state index contributed by atoms with van der Waals surface area (Å²) in [6.45, 7) is 0. The summed E-state index contributed by atoms with van der Waals surface area (Å²) in [6, 6.07) is 56.0. The SMILES string of the molecule is PCC(CP(CC(CP)(c1ccccc1)c1ccccc1)c1ccccc1)(c1ccccc1)c1ccccc1. The van der Waals surface area contributed by atoms with E-state index in [1.807, 2.05) is 0 Å². The Labute approximate surface area is 240 Å². The molecule has 5 aromatic carbocycles. The van der Waals surface area contributed by atoms with Gasteiger partial charge in [0.2, 0.25) is 0 Å². The van der Waals surface area contributed by atoms with Gasteiger partial charge < -0.3 is 0 Å². The zero-order chi connectivity index (χ0) is 27.0. The van der Waals surface area contributed by atoms with Crippen LogP contribution in [0.2, 0.25) is 0 Å². The molecular formula is C36H37P3. The standard InChI is InChI=1S/C36H37P3/c37-26-35(30-16-6-1-7-17-30,31-18-8-2-9-19-31)28-39(34-24-14-5-15-25-34)29-36(27-38,32-20-10-3-11-21-32)33-22-12-4-13-23-33/h1-25H,26-29,37-38H2. The minimum absolute atomic E-state index is 0.102. The van der Waals surface area contributed by atoms with E-state index in [9.17, 15) is 0 Å². The van der Waals surface area contributed by atoms with Gasteiger partial charge in [-0.3, -0.25) is 0 Å². The molecule has 0 fully saturated rings. The molecule has 0 aliphatic carbocycles. The van der Waals surface area contributed by atoms with Crippen molar-refractivity contribution in [3.63, 3.8) is 0 Å². The van der Waals surface area contributed by atoms with Crippen molar-refractivity contribution in [1.29, 1.82) is 0 Å². The minimum Gasteiger partial charge on any atom is -0.136 e. The highest BCUT2D eigenvalue weighted by Crippen LogP contribution is 2.52. The van der Waals surface area contributed by atoms with Crippen LogP contribution < -0.4 is 5.30 Å². The van der Waals surface area contributed by atoms with Gasteiger partial charge in [-0.05, 0) is 52.2 Å². The molecule has 196 valence electrons. The molecule has 0 saturated heterocycles. The summed E-state index contributed by atoms with van der Waals surface area (Å²) < 4.78 is 0. The number of rotatable bonds is 11. The average Bonchev–Trinajstić information content (AvgIpc) is 3.04. The second-order valence-electron chi connectivity index (χ2n) is 10.2. The van der Waals surface area contributed by atoms with Crippen LogP contribution in [-0.4, -0.2) is 24.6 Å². The average molecular weight is 563 g/mol. The highest BCUT2D eigenvalue weighted by Gasteiger charge is 2.41. The van der Waals surface area contributed by atoms with Crippen LogP contribution in [0.15, 0.2) is 152 Å². The Morgan fingerprint density at radius 3 is 0.897 bits per heavy atom. The Bertz CT molecular complexity index is 1230. The molecule has 0 aromatic heterocycles. The molecule has 0 aliphatic rings. The van der Waals surface area contributed by atoms with E-state index in [1.165, 1.54) is 27.6 Å². The summed E-state index contributed by atoms with van der Waals surface area (Å²) in [5.41, 5.74) is 5.37. The molecule has 0 N–H and O–H groups in total. The zero-order valence-corrected chi connectivity index (χ0v) is 25.6. The summed E-state index contributed by atoms with van der Waals surface area (Å²) in [4.78, 5) is 0. The Hall–Kier alpha value is -2.61. The van der Waals surface area contributed by atoms with Gasteiger partial charge in [0.15, 0.2) is 0 Å². The third-order valence-electron chi connectivity index (χ3n) is 8.05. The van der Waals surface area contributed by atoms with Gasteiger partial charge in [-0.15, -0.1) is 18.5 Å². The fourth-order valence-corrected chi connectivity index (χ4v) is 10.9. The lowest BCUT2D eigenvalue weighted by atomic mass is 9.77. The quantitative estimate of drug-likeness (QED) is 0.142. The van der Waals surface area contributed by atoms with E-state index in [1.54, 1.807) is 0 Å². The fraction of sp³-hybridized carbons (Fsp3) is 0.167. The highest BCUT2D eigenvalue weighted by atomic mass is 31.1. The second-order valence-corrected chi connectivity index (χ2v) is 13.3. The van der Waals surface area contributed by atoms with Crippen LogP contribution in [0.1, 0.15) is 22.3 Å². The molecule has 0 nitrogen and oxygen atoms in total. The van der Waals surface area contributed by atoms with Gasteiger partial charge in [-0.2, -0.15) is 0 Å². The third-order valence-corrected chi connectivity index (χ3v) is 12.3. The predicted octanol–water partition coefficient (Wildman–Crippen LogP) is 8.52.